The first-order valence-electron chi connectivity index (χ1n) is 7.55. The zero-order valence-electron chi connectivity index (χ0n) is 13.4. The molecule has 0 atom stereocenters. The highest BCUT2D eigenvalue weighted by Crippen LogP contribution is 2.26. The Morgan fingerprint density at radius 2 is 2.00 bits per heavy atom. The van der Waals surface area contributed by atoms with Crippen LogP contribution in [0.5, 0.6) is 0 Å². The van der Waals surface area contributed by atoms with E-state index in [9.17, 15) is 4.79 Å². The summed E-state index contributed by atoms with van der Waals surface area (Å²) >= 11 is 0. The van der Waals surface area contributed by atoms with Gasteiger partial charge in [-0.05, 0) is 42.9 Å². The zero-order chi connectivity index (χ0) is 15.7. The van der Waals surface area contributed by atoms with Crippen molar-refractivity contribution in [2.24, 2.45) is 11.1 Å². The smallest absolute Gasteiger partial charge is 0.224 e. The van der Waals surface area contributed by atoms with E-state index in [1.807, 2.05) is 24.3 Å². The fraction of sp³-hybridized carbons (Fsp3) is 0.588. The van der Waals surface area contributed by atoms with Crippen LogP contribution in [0.25, 0.3) is 0 Å². The topological polar surface area (TPSA) is 64.3 Å². The van der Waals surface area contributed by atoms with E-state index in [1.165, 1.54) is 0 Å². The Balaban J connectivity index is 2.55. The first-order chi connectivity index (χ1) is 9.98. The molecule has 1 aromatic carbocycles. The number of carbonyl (C=O) groups excluding carboxylic acids is 1. The number of carbonyl (C=O) groups is 1. The highest BCUT2D eigenvalue weighted by atomic mass is 16.5. The maximum absolute atomic E-state index is 12.1. The number of hydrogen-bond donors (Lipinski definition) is 2. The number of anilines is 1. The number of rotatable bonds is 9. The molecule has 0 fully saturated rings. The van der Waals surface area contributed by atoms with Crippen molar-refractivity contribution >= 4 is 11.6 Å². The van der Waals surface area contributed by atoms with E-state index in [2.05, 4.69) is 19.2 Å². The summed E-state index contributed by atoms with van der Waals surface area (Å²) < 4.78 is 5.10. The molecule has 0 unspecified atom stereocenters. The molecule has 0 aromatic heterocycles. The second-order valence-electron chi connectivity index (χ2n) is 6.15. The van der Waals surface area contributed by atoms with E-state index in [0.717, 1.165) is 30.5 Å². The van der Waals surface area contributed by atoms with Crippen molar-refractivity contribution < 1.29 is 9.53 Å². The summed E-state index contributed by atoms with van der Waals surface area (Å²) in [7, 11) is 1.68. The Hall–Kier alpha value is -1.39. The molecule has 0 heterocycles. The number of ether oxygens (including phenoxy) is 1. The standard InChI is InChI=1S/C17H28N2O2/c1-17(2,11-12-18)10-8-16(20)19-15-7-5-4-6-14(15)9-13-21-3/h4-7H,8-13,18H2,1-3H3,(H,19,20). The largest absolute Gasteiger partial charge is 0.384 e. The molecule has 118 valence electrons. The summed E-state index contributed by atoms with van der Waals surface area (Å²) in [6.07, 6.45) is 3.10. The average Bonchev–Trinajstić information content (AvgIpc) is 2.44. The molecular formula is C17H28N2O2. The highest BCUT2D eigenvalue weighted by Gasteiger charge is 2.18. The molecule has 21 heavy (non-hydrogen) atoms. The molecule has 0 saturated heterocycles. The minimum absolute atomic E-state index is 0.0602. The van der Waals surface area contributed by atoms with E-state index in [0.29, 0.717) is 19.6 Å². The number of nitrogens with two attached hydrogens (primary N) is 1. The fourth-order valence-electron chi connectivity index (χ4n) is 2.25. The molecule has 0 spiro atoms. The molecule has 0 bridgehead atoms. The Morgan fingerprint density at radius 1 is 1.29 bits per heavy atom. The van der Waals surface area contributed by atoms with Gasteiger partial charge in [0.2, 0.25) is 5.91 Å². The van der Waals surface area contributed by atoms with Crippen LogP contribution in [-0.2, 0) is 16.0 Å². The quantitative estimate of drug-likeness (QED) is 0.735. The first-order valence-corrected chi connectivity index (χ1v) is 7.55. The van der Waals surface area contributed by atoms with Crippen LogP contribution in [0.3, 0.4) is 0 Å². The van der Waals surface area contributed by atoms with Gasteiger partial charge in [-0.1, -0.05) is 32.0 Å². The van der Waals surface area contributed by atoms with Crippen LogP contribution in [0.1, 0.15) is 38.7 Å². The molecule has 0 aliphatic rings. The summed E-state index contributed by atoms with van der Waals surface area (Å²) in [5, 5.41) is 3.01. The maximum atomic E-state index is 12.1. The SMILES string of the molecule is COCCc1ccccc1NC(=O)CCC(C)(C)CCN. The molecule has 4 heteroatoms. The van der Waals surface area contributed by atoms with Crippen molar-refractivity contribution in [2.45, 2.75) is 39.5 Å². The third-order valence-electron chi connectivity index (χ3n) is 3.72. The summed E-state index contributed by atoms with van der Waals surface area (Å²) in [4.78, 5) is 12.1. The van der Waals surface area contributed by atoms with Gasteiger partial charge in [0.1, 0.15) is 0 Å². The predicted molar refractivity (Wildman–Crippen MR) is 87.3 cm³/mol. The second-order valence-corrected chi connectivity index (χ2v) is 6.15. The summed E-state index contributed by atoms with van der Waals surface area (Å²) in [5.41, 5.74) is 7.70. The third-order valence-corrected chi connectivity index (χ3v) is 3.72. The molecule has 0 radical (unpaired) electrons. The van der Waals surface area contributed by atoms with Gasteiger partial charge in [0.15, 0.2) is 0 Å². The lowest BCUT2D eigenvalue weighted by atomic mass is 9.84. The number of hydrogen-bond acceptors (Lipinski definition) is 3. The van der Waals surface area contributed by atoms with Crippen molar-refractivity contribution in [3.8, 4) is 0 Å². The molecule has 3 N–H and O–H groups in total. The molecule has 1 aromatic rings. The summed E-state index contributed by atoms with van der Waals surface area (Å²) in [6.45, 7) is 5.62. The van der Waals surface area contributed by atoms with E-state index in [4.69, 9.17) is 10.5 Å². The van der Waals surface area contributed by atoms with Gasteiger partial charge in [0.05, 0.1) is 6.61 Å². The Morgan fingerprint density at radius 3 is 2.67 bits per heavy atom. The number of nitrogens with one attached hydrogen (secondary N) is 1. The minimum Gasteiger partial charge on any atom is -0.384 e. The normalized spacial score (nSPS) is 11.4. The Kier molecular flexibility index (Phi) is 7.40. The van der Waals surface area contributed by atoms with Crippen molar-refractivity contribution in [1.29, 1.82) is 0 Å². The fourth-order valence-corrected chi connectivity index (χ4v) is 2.25. The molecule has 0 aliphatic carbocycles. The van der Waals surface area contributed by atoms with Crippen molar-refractivity contribution in [1.82, 2.24) is 0 Å². The van der Waals surface area contributed by atoms with Crippen LogP contribution in [0.2, 0.25) is 0 Å². The van der Waals surface area contributed by atoms with E-state index in [1.54, 1.807) is 7.11 Å². The third kappa shape index (κ3) is 6.74. The van der Waals surface area contributed by atoms with Crippen molar-refractivity contribution in [3.05, 3.63) is 29.8 Å². The second kappa shape index (κ2) is 8.80. The summed E-state index contributed by atoms with van der Waals surface area (Å²) in [6, 6.07) is 7.87. The van der Waals surface area contributed by atoms with Gasteiger partial charge in [-0.25, -0.2) is 0 Å². The molecule has 0 saturated carbocycles. The van der Waals surface area contributed by atoms with Crippen LogP contribution in [0.15, 0.2) is 24.3 Å². The van der Waals surface area contributed by atoms with Gasteiger partial charge < -0.3 is 15.8 Å². The average molecular weight is 292 g/mol. The van der Waals surface area contributed by atoms with E-state index >= 15 is 0 Å². The minimum atomic E-state index is 0.0602. The number of para-hydroxylation sites is 1. The predicted octanol–water partition coefficient (Wildman–Crippen LogP) is 2.97. The van der Waals surface area contributed by atoms with E-state index < -0.39 is 0 Å². The number of benzene rings is 1. The van der Waals surface area contributed by atoms with Crippen LogP contribution in [0.4, 0.5) is 5.69 Å². The van der Waals surface area contributed by atoms with Crippen LogP contribution < -0.4 is 11.1 Å². The van der Waals surface area contributed by atoms with Crippen LogP contribution in [0, 0.1) is 5.41 Å². The van der Waals surface area contributed by atoms with Gasteiger partial charge in [-0.3, -0.25) is 4.79 Å². The van der Waals surface area contributed by atoms with Crippen molar-refractivity contribution in [3.63, 3.8) is 0 Å². The Labute approximate surface area is 128 Å². The van der Waals surface area contributed by atoms with Gasteiger partial charge in [-0.15, -0.1) is 0 Å². The lowest BCUT2D eigenvalue weighted by Crippen LogP contribution is -2.21. The van der Waals surface area contributed by atoms with Gasteiger partial charge in [0.25, 0.3) is 0 Å². The zero-order valence-corrected chi connectivity index (χ0v) is 13.4. The molecule has 1 rings (SSSR count). The number of amides is 1. The van der Waals surface area contributed by atoms with Gasteiger partial charge in [-0.2, -0.15) is 0 Å². The van der Waals surface area contributed by atoms with E-state index in [-0.39, 0.29) is 11.3 Å². The lowest BCUT2D eigenvalue weighted by molar-refractivity contribution is -0.116. The van der Waals surface area contributed by atoms with Gasteiger partial charge in [0, 0.05) is 19.2 Å². The maximum Gasteiger partial charge on any atom is 0.224 e. The molecular weight excluding hydrogens is 264 g/mol. The van der Waals surface area contributed by atoms with Crippen LogP contribution >= 0.6 is 0 Å². The van der Waals surface area contributed by atoms with Crippen molar-refractivity contribution in [2.75, 3.05) is 25.6 Å². The molecule has 4 nitrogen and oxygen atoms in total. The lowest BCUT2D eigenvalue weighted by Gasteiger charge is -2.23. The monoisotopic (exact) mass is 292 g/mol. The summed E-state index contributed by atoms with van der Waals surface area (Å²) in [5.74, 6) is 0.0602. The Bertz CT molecular complexity index is 444. The molecule has 1 amide bonds. The first kappa shape index (κ1) is 17.7. The highest BCUT2D eigenvalue weighted by molar-refractivity contribution is 5.91. The molecule has 0 aliphatic heterocycles. The van der Waals surface area contributed by atoms with Gasteiger partial charge >= 0.3 is 0 Å². The number of methoxy groups -OCH3 is 1. The van der Waals surface area contributed by atoms with Crippen LogP contribution in [-0.4, -0.2) is 26.2 Å².